The Morgan fingerprint density at radius 3 is 2.87 bits per heavy atom. The minimum atomic E-state index is 0.163. The van der Waals surface area contributed by atoms with Gasteiger partial charge in [-0.1, -0.05) is 6.92 Å². The quantitative estimate of drug-likeness (QED) is 0.746. The Hall–Kier alpha value is -0.410. The van der Waals surface area contributed by atoms with E-state index in [9.17, 15) is 4.79 Å². The van der Waals surface area contributed by atoms with Crippen LogP contribution in [0.2, 0.25) is 0 Å². The fourth-order valence-electron chi connectivity index (χ4n) is 2.94. The molecule has 0 aliphatic carbocycles. The van der Waals surface area contributed by atoms with Crippen molar-refractivity contribution in [3.63, 3.8) is 0 Å². The van der Waals surface area contributed by atoms with E-state index < -0.39 is 0 Å². The molecular weight excluding hydrogens is 190 g/mol. The molecular formula is C12H21NO2. The minimum Gasteiger partial charge on any atom is -0.385 e. The van der Waals surface area contributed by atoms with Crippen LogP contribution in [0, 0.1) is 11.8 Å². The molecule has 2 saturated heterocycles. The number of fused-ring (bicyclic) bond motifs is 2. The van der Waals surface area contributed by atoms with Crippen LogP contribution in [0.4, 0.5) is 0 Å². The van der Waals surface area contributed by atoms with E-state index in [0.29, 0.717) is 24.5 Å². The van der Waals surface area contributed by atoms with Gasteiger partial charge in [0.05, 0.1) is 0 Å². The molecule has 0 aromatic heterocycles. The van der Waals surface area contributed by atoms with E-state index in [4.69, 9.17) is 4.74 Å². The molecule has 0 amide bonds. The summed E-state index contributed by atoms with van der Waals surface area (Å²) in [6.45, 7) is 2.73. The average Bonchev–Trinajstić information content (AvgIpc) is 2.86. The molecule has 0 radical (unpaired) electrons. The van der Waals surface area contributed by atoms with Gasteiger partial charge in [0.2, 0.25) is 0 Å². The van der Waals surface area contributed by atoms with Crippen molar-refractivity contribution < 1.29 is 9.53 Å². The first-order valence-corrected chi connectivity index (χ1v) is 6.01. The van der Waals surface area contributed by atoms with Crippen molar-refractivity contribution in [1.82, 2.24) is 5.32 Å². The average molecular weight is 211 g/mol. The number of carbonyl (C=O) groups excluding carboxylic acids is 1. The summed E-state index contributed by atoms with van der Waals surface area (Å²) in [5, 5.41) is 3.52. The van der Waals surface area contributed by atoms with Gasteiger partial charge in [-0.2, -0.15) is 0 Å². The molecule has 86 valence electrons. The van der Waals surface area contributed by atoms with Gasteiger partial charge in [0, 0.05) is 37.6 Å². The Morgan fingerprint density at radius 2 is 2.33 bits per heavy atom. The number of carbonyl (C=O) groups is 1. The molecule has 0 saturated carbocycles. The molecule has 2 rings (SSSR count). The van der Waals surface area contributed by atoms with Gasteiger partial charge in [0.15, 0.2) is 0 Å². The number of nitrogens with one attached hydrogen (secondary N) is 1. The largest absolute Gasteiger partial charge is 0.385 e. The summed E-state index contributed by atoms with van der Waals surface area (Å²) >= 11 is 0. The number of ketones is 1. The summed E-state index contributed by atoms with van der Waals surface area (Å²) in [5.74, 6) is 0.901. The lowest BCUT2D eigenvalue weighted by Crippen LogP contribution is -2.32. The van der Waals surface area contributed by atoms with Gasteiger partial charge < -0.3 is 10.1 Å². The smallest absolute Gasteiger partial charge is 0.140 e. The molecule has 2 fully saturated rings. The van der Waals surface area contributed by atoms with E-state index in [1.165, 1.54) is 12.8 Å². The SMILES string of the molecule is COCCC(C)C(=O)C1CC2CCC1N2. The number of ether oxygens (including phenoxy) is 1. The lowest BCUT2D eigenvalue weighted by molar-refractivity contribution is -0.127. The molecule has 2 heterocycles. The van der Waals surface area contributed by atoms with Crippen LogP contribution in [0.3, 0.4) is 0 Å². The van der Waals surface area contributed by atoms with Crippen molar-refractivity contribution in [2.75, 3.05) is 13.7 Å². The zero-order valence-electron chi connectivity index (χ0n) is 9.66. The highest BCUT2D eigenvalue weighted by Crippen LogP contribution is 2.35. The molecule has 4 unspecified atom stereocenters. The van der Waals surface area contributed by atoms with Crippen molar-refractivity contribution in [3.8, 4) is 0 Å². The number of hydrogen-bond acceptors (Lipinski definition) is 3. The van der Waals surface area contributed by atoms with Crippen LogP contribution in [0.25, 0.3) is 0 Å². The van der Waals surface area contributed by atoms with Gasteiger partial charge in [-0.05, 0) is 25.7 Å². The summed E-state index contributed by atoms with van der Waals surface area (Å²) < 4.78 is 5.02. The second kappa shape index (κ2) is 4.62. The second-order valence-corrected chi connectivity index (χ2v) is 4.97. The van der Waals surface area contributed by atoms with Crippen molar-refractivity contribution in [1.29, 1.82) is 0 Å². The highest BCUT2D eigenvalue weighted by Gasteiger charge is 2.43. The number of hydrogen-bond donors (Lipinski definition) is 1. The fourth-order valence-corrected chi connectivity index (χ4v) is 2.94. The highest BCUT2D eigenvalue weighted by molar-refractivity contribution is 5.84. The van der Waals surface area contributed by atoms with Gasteiger partial charge >= 0.3 is 0 Å². The van der Waals surface area contributed by atoms with Crippen LogP contribution < -0.4 is 5.32 Å². The highest BCUT2D eigenvalue weighted by atomic mass is 16.5. The lowest BCUT2D eigenvalue weighted by Gasteiger charge is -2.22. The topological polar surface area (TPSA) is 38.3 Å². The van der Waals surface area contributed by atoms with Gasteiger partial charge in [0.25, 0.3) is 0 Å². The monoisotopic (exact) mass is 211 g/mol. The molecule has 2 bridgehead atoms. The second-order valence-electron chi connectivity index (χ2n) is 4.97. The van der Waals surface area contributed by atoms with E-state index in [-0.39, 0.29) is 11.8 Å². The minimum absolute atomic E-state index is 0.163. The zero-order chi connectivity index (χ0) is 10.8. The van der Waals surface area contributed by atoms with E-state index in [0.717, 1.165) is 12.8 Å². The number of rotatable bonds is 5. The standard InChI is InChI=1S/C12H21NO2/c1-8(5-6-15-2)12(14)10-7-9-3-4-11(10)13-9/h8-11,13H,3-7H2,1-2H3. The maximum atomic E-state index is 12.1. The maximum absolute atomic E-state index is 12.1. The summed E-state index contributed by atoms with van der Waals surface area (Å²) in [4.78, 5) is 12.1. The predicted molar refractivity (Wildman–Crippen MR) is 58.7 cm³/mol. The Bertz CT molecular complexity index is 242. The Kier molecular flexibility index (Phi) is 3.42. The predicted octanol–water partition coefficient (Wildman–Crippen LogP) is 1.37. The third-order valence-corrected chi connectivity index (χ3v) is 3.91. The van der Waals surface area contributed by atoms with Crippen molar-refractivity contribution in [2.45, 2.75) is 44.7 Å². The van der Waals surface area contributed by atoms with Crippen molar-refractivity contribution in [2.24, 2.45) is 11.8 Å². The molecule has 1 N–H and O–H groups in total. The summed E-state index contributed by atoms with van der Waals surface area (Å²) in [5.41, 5.74) is 0. The van der Waals surface area contributed by atoms with Gasteiger partial charge in [0.1, 0.15) is 5.78 Å². The van der Waals surface area contributed by atoms with Crippen LogP contribution in [-0.2, 0) is 9.53 Å². The van der Waals surface area contributed by atoms with Crippen LogP contribution in [-0.4, -0.2) is 31.6 Å². The molecule has 3 nitrogen and oxygen atoms in total. The molecule has 3 heteroatoms. The van der Waals surface area contributed by atoms with E-state index >= 15 is 0 Å². The molecule has 0 aromatic rings. The normalized spacial score (nSPS) is 35.7. The summed E-state index contributed by atoms with van der Waals surface area (Å²) in [7, 11) is 1.69. The van der Waals surface area contributed by atoms with Crippen LogP contribution in [0.5, 0.6) is 0 Å². The third kappa shape index (κ3) is 2.23. The lowest BCUT2D eigenvalue weighted by atomic mass is 9.81. The van der Waals surface area contributed by atoms with Gasteiger partial charge in [-0.3, -0.25) is 4.79 Å². The van der Waals surface area contributed by atoms with Gasteiger partial charge in [-0.25, -0.2) is 0 Å². The van der Waals surface area contributed by atoms with Gasteiger partial charge in [-0.15, -0.1) is 0 Å². The summed E-state index contributed by atoms with van der Waals surface area (Å²) in [6.07, 6.45) is 4.39. The van der Waals surface area contributed by atoms with E-state index in [2.05, 4.69) is 5.32 Å². The molecule has 15 heavy (non-hydrogen) atoms. The van der Waals surface area contributed by atoms with Crippen LogP contribution in [0.1, 0.15) is 32.6 Å². The van der Waals surface area contributed by atoms with E-state index in [1.807, 2.05) is 6.92 Å². The first-order valence-electron chi connectivity index (χ1n) is 6.01. The molecule has 4 atom stereocenters. The number of Topliss-reactive ketones (excluding diaryl/α,β-unsaturated/α-hetero) is 1. The maximum Gasteiger partial charge on any atom is 0.140 e. The van der Waals surface area contributed by atoms with E-state index in [1.54, 1.807) is 7.11 Å². The van der Waals surface area contributed by atoms with Crippen LogP contribution in [0.15, 0.2) is 0 Å². The Balaban J connectivity index is 1.85. The fraction of sp³-hybridized carbons (Fsp3) is 0.917. The van der Waals surface area contributed by atoms with Crippen molar-refractivity contribution in [3.05, 3.63) is 0 Å². The summed E-state index contributed by atoms with van der Waals surface area (Å²) in [6, 6.07) is 1.10. The molecule has 2 aliphatic heterocycles. The first kappa shape index (κ1) is 11.1. The van der Waals surface area contributed by atoms with Crippen molar-refractivity contribution >= 4 is 5.78 Å². The van der Waals surface area contributed by atoms with Crippen LogP contribution >= 0.6 is 0 Å². The first-order chi connectivity index (χ1) is 7.22. The molecule has 0 aromatic carbocycles. The zero-order valence-corrected chi connectivity index (χ0v) is 9.66. The molecule has 2 aliphatic rings. The third-order valence-electron chi connectivity index (χ3n) is 3.91. The molecule has 0 spiro atoms. The number of methoxy groups -OCH3 is 1. The Labute approximate surface area is 91.6 Å². The Morgan fingerprint density at radius 1 is 1.53 bits per heavy atom.